The minimum Gasteiger partial charge on any atom is -0.374 e. The monoisotopic (exact) mass is 290 g/mol. The molecule has 0 unspecified atom stereocenters. The van der Waals surface area contributed by atoms with Crippen LogP contribution in [-0.2, 0) is 22.9 Å². The second-order valence-corrected chi connectivity index (χ2v) is 6.99. The number of hydrogen-bond donors (Lipinski definition) is 0. The Morgan fingerprint density at radius 3 is 1.79 bits per heavy atom. The molecule has 0 aromatic heterocycles. The Hall–Kier alpha value is -0.563. The Morgan fingerprint density at radius 2 is 1.42 bits per heavy atom. The van der Waals surface area contributed by atoms with E-state index >= 15 is 0 Å². The zero-order valence-electron chi connectivity index (χ0n) is 12.5. The van der Waals surface area contributed by atoms with Crippen LogP contribution in [-0.4, -0.2) is 40.2 Å². The quantitative estimate of drug-likeness (QED) is 0.408. The van der Waals surface area contributed by atoms with Gasteiger partial charge in [0.1, 0.15) is 11.6 Å². The van der Waals surface area contributed by atoms with Crippen LogP contribution in [0.25, 0.3) is 0 Å². The van der Waals surface area contributed by atoms with Crippen molar-refractivity contribution >= 4 is 20.4 Å². The lowest BCUT2D eigenvalue weighted by molar-refractivity contribution is -0.125. The molecule has 0 saturated carbocycles. The first-order chi connectivity index (χ1) is 8.99. The van der Waals surface area contributed by atoms with Crippen LogP contribution in [0.2, 0.25) is 6.04 Å². The molecule has 0 atom stereocenters. The van der Waals surface area contributed by atoms with Crippen molar-refractivity contribution in [3.05, 3.63) is 0 Å². The Morgan fingerprint density at radius 1 is 0.947 bits per heavy atom. The lowest BCUT2D eigenvalue weighted by atomic mass is 10.1. The first-order valence-corrected chi connectivity index (χ1v) is 8.85. The van der Waals surface area contributed by atoms with Crippen molar-refractivity contribution in [2.24, 2.45) is 0 Å². The van der Waals surface area contributed by atoms with Crippen LogP contribution >= 0.6 is 0 Å². The summed E-state index contributed by atoms with van der Waals surface area (Å²) in [6, 6.07) is 0.617. The summed E-state index contributed by atoms with van der Waals surface area (Å²) in [7, 11) is -2.64. The maximum Gasteiger partial charge on any atom is 0.500 e. The third-order valence-electron chi connectivity index (χ3n) is 2.48. The molecule has 0 saturated heterocycles. The first-order valence-electron chi connectivity index (χ1n) is 6.92. The van der Waals surface area contributed by atoms with Crippen LogP contribution in [0.15, 0.2) is 0 Å². The molecule has 0 fully saturated rings. The molecule has 0 radical (unpaired) electrons. The van der Waals surface area contributed by atoms with E-state index in [-0.39, 0.29) is 18.0 Å². The minimum atomic E-state index is -2.64. The van der Waals surface area contributed by atoms with Crippen LogP contribution in [0.4, 0.5) is 0 Å². The molecule has 0 aliphatic rings. The standard InChI is InChI=1S/C13H26O5Si/c1-5-16-19(17-6-2,18-7-3)10-8-9-13(15)11-12(4)14/h5-11H2,1-4H3. The maximum absolute atomic E-state index is 11.5. The zero-order chi connectivity index (χ0) is 14.7. The smallest absolute Gasteiger partial charge is 0.374 e. The number of carbonyl (C=O) groups is 2. The Balaban J connectivity index is 4.31. The summed E-state index contributed by atoms with van der Waals surface area (Å²) in [5, 5.41) is 0. The van der Waals surface area contributed by atoms with Crippen molar-refractivity contribution in [1.29, 1.82) is 0 Å². The van der Waals surface area contributed by atoms with E-state index in [2.05, 4.69) is 0 Å². The molecule has 0 amide bonds. The molecule has 0 bridgehead atoms. The van der Waals surface area contributed by atoms with Crippen molar-refractivity contribution in [2.75, 3.05) is 19.8 Å². The predicted octanol–water partition coefficient (Wildman–Crippen LogP) is 2.36. The van der Waals surface area contributed by atoms with E-state index in [0.717, 1.165) is 0 Å². The van der Waals surface area contributed by atoms with Crippen LogP contribution in [0.5, 0.6) is 0 Å². The molecular weight excluding hydrogens is 264 g/mol. The number of carbonyl (C=O) groups excluding carboxylic acids is 2. The van der Waals surface area contributed by atoms with Crippen LogP contribution < -0.4 is 0 Å². The highest BCUT2D eigenvalue weighted by molar-refractivity contribution is 6.60. The van der Waals surface area contributed by atoms with Gasteiger partial charge in [-0.15, -0.1) is 0 Å². The highest BCUT2D eigenvalue weighted by Crippen LogP contribution is 2.19. The largest absolute Gasteiger partial charge is 0.500 e. The number of Topliss-reactive ketones (excluding diaryl/α,β-unsaturated/α-hetero) is 2. The Kier molecular flexibility index (Phi) is 9.95. The van der Waals surface area contributed by atoms with Crippen LogP contribution in [0.1, 0.15) is 47.0 Å². The van der Waals surface area contributed by atoms with E-state index in [9.17, 15) is 9.59 Å². The van der Waals surface area contributed by atoms with E-state index in [4.69, 9.17) is 13.3 Å². The highest BCUT2D eigenvalue weighted by Gasteiger charge is 2.39. The molecule has 19 heavy (non-hydrogen) atoms. The van der Waals surface area contributed by atoms with E-state index < -0.39 is 8.80 Å². The average Bonchev–Trinajstić information content (AvgIpc) is 2.28. The van der Waals surface area contributed by atoms with E-state index in [1.165, 1.54) is 6.92 Å². The predicted molar refractivity (Wildman–Crippen MR) is 75.0 cm³/mol. The summed E-state index contributed by atoms with van der Waals surface area (Å²) in [6.07, 6.45) is 1.03. The van der Waals surface area contributed by atoms with Gasteiger partial charge >= 0.3 is 8.80 Å². The van der Waals surface area contributed by atoms with Crippen molar-refractivity contribution in [3.8, 4) is 0 Å². The van der Waals surface area contributed by atoms with Crippen molar-refractivity contribution in [3.63, 3.8) is 0 Å². The molecule has 0 aliphatic heterocycles. The summed E-state index contributed by atoms with van der Waals surface area (Å²) in [6.45, 7) is 8.74. The van der Waals surface area contributed by atoms with Crippen LogP contribution in [0, 0.1) is 0 Å². The fraction of sp³-hybridized carbons (Fsp3) is 0.846. The Labute approximate surface area is 117 Å². The van der Waals surface area contributed by atoms with Gasteiger partial charge in [0.25, 0.3) is 0 Å². The molecule has 0 aliphatic carbocycles. The van der Waals surface area contributed by atoms with Gasteiger partial charge in [-0.1, -0.05) is 0 Å². The molecule has 0 heterocycles. The second-order valence-electron chi connectivity index (χ2n) is 4.25. The lowest BCUT2D eigenvalue weighted by Gasteiger charge is -2.28. The molecule has 0 aromatic rings. The van der Waals surface area contributed by atoms with E-state index in [0.29, 0.717) is 38.7 Å². The van der Waals surface area contributed by atoms with Crippen molar-refractivity contribution in [1.82, 2.24) is 0 Å². The van der Waals surface area contributed by atoms with Gasteiger partial charge in [-0.2, -0.15) is 0 Å². The highest BCUT2D eigenvalue weighted by atomic mass is 28.4. The normalized spacial score (nSPS) is 11.6. The first kappa shape index (κ1) is 18.4. The van der Waals surface area contributed by atoms with Crippen molar-refractivity contribution in [2.45, 2.75) is 53.0 Å². The second kappa shape index (κ2) is 10.3. The molecule has 0 spiro atoms. The summed E-state index contributed by atoms with van der Waals surface area (Å²) in [5.41, 5.74) is 0. The van der Waals surface area contributed by atoms with Gasteiger partial charge in [0.05, 0.1) is 6.42 Å². The fourth-order valence-electron chi connectivity index (χ4n) is 1.87. The molecule has 0 N–H and O–H groups in total. The molecule has 112 valence electrons. The maximum atomic E-state index is 11.5. The molecule has 0 aromatic carbocycles. The Bertz CT molecular complexity index is 263. The van der Waals surface area contributed by atoms with Gasteiger partial charge in [-0.3, -0.25) is 9.59 Å². The van der Waals surface area contributed by atoms with Crippen LogP contribution in [0.3, 0.4) is 0 Å². The third kappa shape index (κ3) is 8.25. The zero-order valence-corrected chi connectivity index (χ0v) is 13.5. The molecular formula is C13H26O5Si. The molecule has 0 rings (SSSR count). The summed E-state index contributed by atoms with van der Waals surface area (Å²) >= 11 is 0. The van der Waals surface area contributed by atoms with Gasteiger partial charge in [-0.05, 0) is 34.1 Å². The lowest BCUT2D eigenvalue weighted by Crippen LogP contribution is -2.46. The number of ketones is 2. The van der Waals surface area contributed by atoms with Gasteiger partial charge in [0.15, 0.2) is 0 Å². The topological polar surface area (TPSA) is 61.8 Å². The average molecular weight is 290 g/mol. The van der Waals surface area contributed by atoms with Gasteiger partial charge in [0, 0.05) is 32.3 Å². The van der Waals surface area contributed by atoms with Crippen molar-refractivity contribution < 1.29 is 22.9 Å². The van der Waals surface area contributed by atoms with Gasteiger partial charge in [0.2, 0.25) is 0 Å². The molecule has 6 heteroatoms. The molecule has 5 nitrogen and oxygen atoms in total. The number of rotatable bonds is 12. The van der Waals surface area contributed by atoms with Gasteiger partial charge in [-0.25, -0.2) is 0 Å². The SMILES string of the molecule is CCO[Si](CCCC(=O)CC(C)=O)(OCC)OCC. The van der Waals surface area contributed by atoms with E-state index in [1.54, 1.807) is 0 Å². The summed E-state index contributed by atoms with van der Waals surface area (Å²) in [4.78, 5) is 22.3. The van der Waals surface area contributed by atoms with E-state index in [1.807, 2.05) is 20.8 Å². The third-order valence-corrected chi connectivity index (χ3v) is 5.63. The summed E-state index contributed by atoms with van der Waals surface area (Å²) < 4.78 is 17.1. The summed E-state index contributed by atoms with van der Waals surface area (Å²) in [5.74, 6) is -0.118. The minimum absolute atomic E-state index is 0.0203. The fourth-order valence-corrected chi connectivity index (χ4v) is 4.48. The number of hydrogen-bond acceptors (Lipinski definition) is 5. The van der Waals surface area contributed by atoms with Gasteiger partial charge < -0.3 is 13.3 Å².